The standard InChI is InChI=1S/C21H19NO7/c1-11-14(21(28)29-17-9-13(23)8-16(24)19(11)17)10-18(25)22-15(20(26)27)7-12-5-3-2-4-6-12/h2-6,8-9,15,23-24H,7,10H2,1H3,(H,22,25)(H,26,27). The van der Waals surface area contributed by atoms with E-state index >= 15 is 0 Å². The lowest BCUT2D eigenvalue weighted by molar-refractivity contribution is -0.141. The lowest BCUT2D eigenvalue weighted by Crippen LogP contribution is -2.43. The van der Waals surface area contributed by atoms with E-state index in [1.165, 1.54) is 13.0 Å². The monoisotopic (exact) mass is 397 g/mol. The van der Waals surface area contributed by atoms with E-state index in [0.717, 1.165) is 11.6 Å². The van der Waals surface area contributed by atoms with Gasteiger partial charge in [0.05, 0.1) is 17.4 Å². The Kier molecular flexibility index (Phi) is 5.54. The van der Waals surface area contributed by atoms with Crippen molar-refractivity contribution in [3.63, 3.8) is 0 Å². The molecule has 1 heterocycles. The summed E-state index contributed by atoms with van der Waals surface area (Å²) in [6, 6.07) is 9.96. The summed E-state index contributed by atoms with van der Waals surface area (Å²) in [5.74, 6) is -2.43. The number of benzene rings is 2. The zero-order chi connectivity index (χ0) is 21.1. The van der Waals surface area contributed by atoms with Gasteiger partial charge in [0.25, 0.3) is 0 Å². The number of aliphatic carboxylic acids is 1. The molecule has 29 heavy (non-hydrogen) atoms. The van der Waals surface area contributed by atoms with E-state index in [9.17, 15) is 29.7 Å². The Morgan fingerprint density at radius 3 is 2.48 bits per heavy atom. The second-order valence-electron chi connectivity index (χ2n) is 6.66. The molecular formula is C21H19NO7. The molecule has 1 amide bonds. The second-order valence-corrected chi connectivity index (χ2v) is 6.66. The average Bonchev–Trinajstić information content (AvgIpc) is 2.64. The van der Waals surface area contributed by atoms with Crippen LogP contribution in [0.5, 0.6) is 11.5 Å². The molecule has 3 aromatic rings. The number of nitrogens with one attached hydrogen (secondary N) is 1. The minimum atomic E-state index is -1.20. The normalized spacial score (nSPS) is 11.9. The maximum atomic E-state index is 12.4. The van der Waals surface area contributed by atoms with Crippen molar-refractivity contribution < 1.29 is 29.3 Å². The third-order valence-electron chi connectivity index (χ3n) is 4.60. The van der Waals surface area contributed by atoms with E-state index in [1.807, 2.05) is 0 Å². The Morgan fingerprint density at radius 1 is 1.14 bits per heavy atom. The molecule has 8 nitrogen and oxygen atoms in total. The van der Waals surface area contributed by atoms with Crippen LogP contribution in [0.2, 0.25) is 0 Å². The van der Waals surface area contributed by atoms with E-state index in [4.69, 9.17) is 4.42 Å². The number of rotatable bonds is 6. The quantitative estimate of drug-likeness (QED) is 0.466. The summed E-state index contributed by atoms with van der Waals surface area (Å²) < 4.78 is 5.11. The Bertz CT molecular complexity index is 1140. The molecule has 0 aliphatic rings. The fourth-order valence-electron chi connectivity index (χ4n) is 3.17. The van der Waals surface area contributed by atoms with Crippen LogP contribution in [0.25, 0.3) is 11.0 Å². The van der Waals surface area contributed by atoms with Gasteiger partial charge in [-0.15, -0.1) is 0 Å². The van der Waals surface area contributed by atoms with Crippen molar-refractivity contribution >= 4 is 22.8 Å². The van der Waals surface area contributed by atoms with Gasteiger partial charge in [-0.05, 0) is 18.1 Å². The van der Waals surface area contributed by atoms with E-state index in [0.29, 0.717) is 5.56 Å². The Labute approximate surface area is 165 Å². The highest BCUT2D eigenvalue weighted by atomic mass is 16.4. The van der Waals surface area contributed by atoms with Gasteiger partial charge in [0, 0.05) is 18.6 Å². The summed E-state index contributed by atoms with van der Waals surface area (Å²) in [5, 5.41) is 31.6. The number of carbonyl (C=O) groups is 2. The van der Waals surface area contributed by atoms with Gasteiger partial charge in [0.2, 0.25) is 5.91 Å². The Balaban J connectivity index is 1.85. The summed E-state index contributed by atoms with van der Waals surface area (Å²) in [7, 11) is 0. The minimum Gasteiger partial charge on any atom is -0.508 e. The molecule has 4 N–H and O–H groups in total. The lowest BCUT2D eigenvalue weighted by Gasteiger charge is -2.15. The fourth-order valence-corrected chi connectivity index (χ4v) is 3.17. The molecule has 8 heteroatoms. The molecule has 0 radical (unpaired) electrons. The molecule has 0 spiro atoms. The molecule has 0 fully saturated rings. The summed E-state index contributed by atoms with van der Waals surface area (Å²) >= 11 is 0. The first kappa shape index (κ1) is 19.9. The van der Waals surface area contributed by atoms with Crippen LogP contribution in [0, 0.1) is 6.92 Å². The van der Waals surface area contributed by atoms with Gasteiger partial charge in [-0.25, -0.2) is 9.59 Å². The van der Waals surface area contributed by atoms with Crippen LogP contribution in [0.1, 0.15) is 16.7 Å². The largest absolute Gasteiger partial charge is 0.508 e. The molecule has 0 bridgehead atoms. The van der Waals surface area contributed by atoms with Crippen LogP contribution < -0.4 is 10.9 Å². The van der Waals surface area contributed by atoms with Gasteiger partial charge in [0.1, 0.15) is 23.1 Å². The van der Waals surface area contributed by atoms with Gasteiger partial charge in [0.15, 0.2) is 0 Å². The summed E-state index contributed by atoms with van der Waals surface area (Å²) in [4.78, 5) is 36.3. The van der Waals surface area contributed by atoms with E-state index < -0.39 is 30.0 Å². The van der Waals surface area contributed by atoms with Crippen LogP contribution in [0.3, 0.4) is 0 Å². The average molecular weight is 397 g/mol. The van der Waals surface area contributed by atoms with E-state index in [1.54, 1.807) is 30.3 Å². The van der Waals surface area contributed by atoms with E-state index in [-0.39, 0.29) is 34.5 Å². The first-order valence-electron chi connectivity index (χ1n) is 8.80. The maximum Gasteiger partial charge on any atom is 0.340 e. The highest BCUT2D eigenvalue weighted by molar-refractivity contribution is 5.90. The fraction of sp³-hybridized carbons (Fsp3) is 0.190. The Morgan fingerprint density at radius 2 is 1.83 bits per heavy atom. The van der Waals surface area contributed by atoms with Gasteiger partial charge < -0.3 is 25.1 Å². The molecule has 3 rings (SSSR count). The molecular weight excluding hydrogens is 378 g/mol. The van der Waals surface area contributed by atoms with Crippen molar-refractivity contribution in [1.29, 1.82) is 0 Å². The highest BCUT2D eigenvalue weighted by Crippen LogP contribution is 2.32. The number of fused-ring (bicyclic) bond motifs is 1. The van der Waals surface area contributed by atoms with Crippen LogP contribution >= 0.6 is 0 Å². The van der Waals surface area contributed by atoms with Crippen molar-refractivity contribution in [2.24, 2.45) is 0 Å². The molecule has 0 saturated carbocycles. The van der Waals surface area contributed by atoms with E-state index in [2.05, 4.69) is 5.32 Å². The van der Waals surface area contributed by atoms with Crippen LogP contribution in [-0.4, -0.2) is 33.2 Å². The number of hydrogen-bond donors (Lipinski definition) is 4. The van der Waals surface area contributed by atoms with Crippen molar-refractivity contribution in [2.45, 2.75) is 25.8 Å². The summed E-state index contributed by atoms with van der Waals surface area (Å²) in [6.07, 6.45) is -0.323. The smallest absolute Gasteiger partial charge is 0.340 e. The third-order valence-corrected chi connectivity index (χ3v) is 4.60. The predicted octanol–water partition coefficient (Wildman–Crippen LogP) is 1.87. The predicted molar refractivity (Wildman–Crippen MR) is 104 cm³/mol. The number of carboxylic acids is 1. The third kappa shape index (κ3) is 4.37. The van der Waals surface area contributed by atoms with Gasteiger partial charge in [-0.1, -0.05) is 30.3 Å². The van der Waals surface area contributed by atoms with Crippen LogP contribution in [-0.2, 0) is 22.4 Å². The summed E-state index contributed by atoms with van der Waals surface area (Å²) in [5.41, 5.74) is 0.247. The van der Waals surface area contributed by atoms with Crippen molar-refractivity contribution in [3.8, 4) is 11.5 Å². The molecule has 1 atom stereocenters. The number of phenols is 2. The molecule has 1 aromatic heterocycles. The number of phenolic OH excluding ortho intramolecular Hbond substituents is 2. The van der Waals surface area contributed by atoms with Gasteiger partial charge in [-0.3, -0.25) is 4.79 Å². The number of amides is 1. The lowest BCUT2D eigenvalue weighted by atomic mass is 10.0. The number of hydrogen-bond acceptors (Lipinski definition) is 6. The maximum absolute atomic E-state index is 12.4. The zero-order valence-electron chi connectivity index (χ0n) is 15.5. The minimum absolute atomic E-state index is 0.000148. The summed E-state index contributed by atoms with van der Waals surface area (Å²) in [6.45, 7) is 1.54. The van der Waals surface area contributed by atoms with Crippen molar-refractivity contribution in [3.05, 3.63) is 69.6 Å². The topological polar surface area (TPSA) is 137 Å². The van der Waals surface area contributed by atoms with Crippen LogP contribution in [0.15, 0.2) is 51.7 Å². The number of carboxylic acid groups (broad SMARTS) is 1. The number of aromatic hydroxyl groups is 2. The molecule has 0 aliphatic heterocycles. The number of aryl methyl sites for hydroxylation is 1. The second kappa shape index (κ2) is 8.05. The zero-order valence-corrected chi connectivity index (χ0v) is 15.5. The highest BCUT2D eigenvalue weighted by Gasteiger charge is 2.23. The van der Waals surface area contributed by atoms with Gasteiger partial charge in [-0.2, -0.15) is 0 Å². The Hall–Kier alpha value is -3.81. The van der Waals surface area contributed by atoms with Crippen molar-refractivity contribution in [1.82, 2.24) is 5.32 Å². The molecule has 0 aliphatic carbocycles. The molecule has 1 unspecified atom stereocenters. The SMILES string of the molecule is Cc1c(CC(=O)NC(Cc2ccccc2)C(=O)O)c(=O)oc2cc(O)cc(O)c12. The molecule has 150 valence electrons. The first-order valence-corrected chi connectivity index (χ1v) is 8.80. The van der Waals surface area contributed by atoms with Gasteiger partial charge >= 0.3 is 11.6 Å². The molecule has 0 saturated heterocycles. The van der Waals surface area contributed by atoms with Crippen molar-refractivity contribution in [2.75, 3.05) is 0 Å². The molecule has 2 aromatic carbocycles. The number of carbonyl (C=O) groups excluding carboxylic acids is 1. The first-order chi connectivity index (χ1) is 13.8. The van der Waals surface area contributed by atoms with Crippen LogP contribution in [0.4, 0.5) is 0 Å².